The molecule has 2 fully saturated rings. The number of aromatic nitrogens is 8. The lowest BCUT2D eigenvalue weighted by Gasteiger charge is -2.25. The Morgan fingerprint density at radius 1 is 1.02 bits per heavy atom. The standard InChI is InChI=1S/C20H26N10O13P2/c1-38-18-9(32)10(17(41-18)30-4-26-7-14(30)27-20(22)28-15(7)33)43-45(36,37)5-39-19-11(42-44(34)35)8(31)16(40-19)29-3-25-6-12(21)23-2-24-13(6)29/h2-4,8-11,16-19,31-32,44H,5H2,1H3,(H,34,35)(H,36,37)(H2,21,23,24)(H3,22,27,28,33)/t8?,9?,10?,11?,16-,17-,18+,19+/m1/s1. The number of anilines is 2. The molecule has 244 valence electrons. The summed E-state index contributed by atoms with van der Waals surface area (Å²) < 4.78 is 59.4. The monoisotopic (exact) mass is 676 g/mol. The Labute approximate surface area is 250 Å². The van der Waals surface area contributed by atoms with Crippen LogP contribution in [-0.4, -0.2) is 109 Å². The Bertz CT molecular complexity index is 1850. The molecular weight excluding hydrogens is 650 g/mol. The minimum absolute atomic E-state index is 0.0347. The molecule has 0 bridgehead atoms. The zero-order chi connectivity index (χ0) is 32.2. The number of imidazole rings is 2. The van der Waals surface area contributed by atoms with Crippen molar-refractivity contribution in [1.29, 1.82) is 0 Å². The van der Waals surface area contributed by atoms with E-state index in [0.717, 1.165) is 17.2 Å². The van der Waals surface area contributed by atoms with Crippen LogP contribution in [0.4, 0.5) is 11.8 Å². The highest BCUT2D eigenvalue weighted by molar-refractivity contribution is 7.52. The molecule has 0 radical (unpaired) electrons. The minimum Gasteiger partial charge on any atom is -0.385 e. The van der Waals surface area contributed by atoms with Crippen LogP contribution in [0.1, 0.15) is 12.5 Å². The van der Waals surface area contributed by atoms with Gasteiger partial charge in [-0.15, -0.1) is 0 Å². The zero-order valence-corrected chi connectivity index (χ0v) is 24.6. The van der Waals surface area contributed by atoms with Crippen molar-refractivity contribution < 1.29 is 57.1 Å². The maximum Gasteiger partial charge on any atom is 0.354 e. The van der Waals surface area contributed by atoms with Crippen LogP contribution in [0.3, 0.4) is 0 Å². The average molecular weight is 676 g/mol. The number of nitrogens with two attached hydrogens (primary N) is 2. The molecule has 45 heavy (non-hydrogen) atoms. The maximum absolute atomic E-state index is 13.3. The van der Waals surface area contributed by atoms with Gasteiger partial charge in [-0.25, -0.2) is 19.9 Å². The number of aliphatic hydroxyl groups excluding tert-OH is 2. The number of aliphatic hydroxyl groups is 2. The fraction of sp³-hybridized carbons (Fsp3) is 0.500. The van der Waals surface area contributed by atoms with Gasteiger partial charge in [0.25, 0.3) is 5.56 Å². The van der Waals surface area contributed by atoms with Crippen molar-refractivity contribution in [3.05, 3.63) is 29.3 Å². The second-order valence-corrected chi connectivity index (χ2v) is 12.2. The minimum atomic E-state index is -4.86. The Morgan fingerprint density at radius 2 is 1.71 bits per heavy atom. The first-order valence-electron chi connectivity index (χ1n) is 12.7. The number of ether oxygens (including phenoxy) is 4. The largest absolute Gasteiger partial charge is 0.385 e. The predicted molar refractivity (Wildman–Crippen MR) is 146 cm³/mol. The Morgan fingerprint density at radius 3 is 2.42 bits per heavy atom. The van der Waals surface area contributed by atoms with Crippen LogP contribution in [0.2, 0.25) is 0 Å². The van der Waals surface area contributed by atoms with Gasteiger partial charge in [-0.05, 0) is 0 Å². The van der Waals surface area contributed by atoms with Gasteiger partial charge in [-0.2, -0.15) is 4.98 Å². The number of hydrogen-bond donors (Lipinski definition) is 7. The molecule has 0 aromatic carbocycles. The van der Waals surface area contributed by atoms with Gasteiger partial charge in [0.1, 0.15) is 36.3 Å². The van der Waals surface area contributed by atoms with Crippen molar-refractivity contribution in [2.45, 2.75) is 49.5 Å². The highest BCUT2D eigenvalue weighted by Gasteiger charge is 2.51. The first-order valence-corrected chi connectivity index (χ1v) is 15.8. The van der Waals surface area contributed by atoms with Crippen LogP contribution in [-0.2, 0) is 37.1 Å². The van der Waals surface area contributed by atoms with Gasteiger partial charge in [0.05, 0.1) is 12.7 Å². The van der Waals surface area contributed by atoms with Crippen molar-refractivity contribution in [2.75, 3.05) is 24.9 Å². The summed E-state index contributed by atoms with van der Waals surface area (Å²) in [5.41, 5.74) is 10.9. The molecule has 2 aliphatic rings. The van der Waals surface area contributed by atoms with E-state index >= 15 is 0 Å². The highest BCUT2D eigenvalue weighted by Crippen LogP contribution is 2.49. The topological polar surface area (TPSA) is 330 Å². The van der Waals surface area contributed by atoms with Gasteiger partial charge in [-0.3, -0.25) is 37.1 Å². The van der Waals surface area contributed by atoms with E-state index in [4.69, 9.17) is 39.5 Å². The van der Waals surface area contributed by atoms with Gasteiger partial charge in [0, 0.05) is 7.11 Å². The second-order valence-electron chi connectivity index (χ2n) is 9.72. The molecule has 6 heterocycles. The van der Waals surface area contributed by atoms with Crippen molar-refractivity contribution in [3.63, 3.8) is 0 Å². The number of methoxy groups -OCH3 is 1. The highest BCUT2D eigenvalue weighted by atomic mass is 31.2. The predicted octanol–water partition coefficient (Wildman–Crippen LogP) is -2.49. The maximum atomic E-state index is 13.3. The molecule has 2 aliphatic heterocycles. The molecule has 9 N–H and O–H groups in total. The summed E-state index contributed by atoms with van der Waals surface area (Å²) in [6.45, 7) is 0. The molecular formula is C20H26N10O13P2. The molecule has 6 unspecified atom stereocenters. The molecule has 0 amide bonds. The summed E-state index contributed by atoms with van der Waals surface area (Å²) in [5.74, 6) is -0.221. The molecule has 0 aliphatic carbocycles. The van der Waals surface area contributed by atoms with E-state index in [9.17, 15) is 33.9 Å². The molecule has 0 spiro atoms. The Kier molecular flexibility index (Phi) is 8.45. The van der Waals surface area contributed by atoms with Gasteiger partial charge >= 0.3 is 15.9 Å². The van der Waals surface area contributed by atoms with E-state index in [2.05, 4.69) is 29.9 Å². The number of hydrogen-bond acceptors (Lipinski definition) is 18. The van der Waals surface area contributed by atoms with E-state index in [1.807, 2.05) is 0 Å². The lowest BCUT2D eigenvalue weighted by atomic mass is 10.2. The van der Waals surface area contributed by atoms with E-state index < -0.39 is 77.2 Å². The molecule has 0 saturated carbocycles. The van der Waals surface area contributed by atoms with Crippen molar-refractivity contribution in [1.82, 2.24) is 39.0 Å². The molecule has 23 nitrogen and oxygen atoms in total. The smallest absolute Gasteiger partial charge is 0.354 e. The third kappa shape index (κ3) is 5.85. The number of fused-ring (bicyclic) bond motifs is 2. The van der Waals surface area contributed by atoms with E-state index in [1.54, 1.807) is 0 Å². The first kappa shape index (κ1) is 31.5. The SMILES string of the molecule is CO[C@H]1O[C@@H](n2cnc3c(=O)[nH]c(N)nc32)C(OP(=O)(O)CO[C@H]2O[C@@H](n3cnc4c(N)ncnc43)C(O)C2O[PH](=O)O)C1O. The number of nitrogen functional groups attached to an aromatic ring is 2. The normalized spacial score (nSPS) is 30.7. The van der Waals surface area contributed by atoms with Crippen LogP contribution >= 0.6 is 15.9 Å². The average Bonchev–Trinajstić information content (AvgIpc) is 3.73. The second kappa shape index (κ2) is 12.1. The molecule has 4 aromatic heterocycles. The van der Waals surface area contributed by atoms with Crippen LogP contribution < -0.4 is 17.0 Å². The summed E-state index contributed by atoms with van der Waals surface area (Å²) in [7, 11) is -7.34. The molecule has 10 atom stereocenters. The van der Waals surface area contributed by atoms with E-state index in [-0.39, 0.29) is 34.1 Å². The Hall–Kier alpha value is -3.44. The quantitative estimate of drug-likeness (QED) is 0.0854. The Balaban J connectivity index is 1.22. The van der Waals surface area contributed by atoms with Gasteiger partial charge in [-0.1, -0.05) is 0 Å². The van der Waals surface area contributed by atoms with E-state index in [0.29, 0.717) is 0 Å². The first-order chi connectivity index (χ1) is 21.4. The molecule has 2 saturated heterocycles. The lowest BCUT2D eigenvalue weighted by Crippen LogP contribution is -2.36. The fourth-order valence-electron chi connectivity index (χ4n) is 4.95. The number of nitrogens with one attached hydrogen (secondary N) is 1. The number of H-pyrrole nitrogens is 1. The van der Waals surface area contributed by atoms with Crippen LogP contribution in [0.5, 0.6) is 0 Å². The number of aromatic amines is 1. The van der Waals surface area contributed by atoms with Gasteiger partial charge < -0.3 is 50.4 Å². The lowest BCUT2D eigenvalue weighted by molar-refractivity contribution is -0.165. The summed E-state index contributed by atoms with van der Waals surface area (Å²) >= 11 is 0. The third-order valence-electron chi connectivity index (χ3n) is 6.88. The summed E-state index contributed by atoms with van der Waals surface area (Å²) in [6.07, 6.45) is -10.0. The molecule has 25 heteroatoms. The number of rotatable bonds is 10. The van der Waals surface area contributed by atoms with Gasteiger partial charge in [0.15, 0.2) is 54.0 Å². The van der Waals surface area contributed by atoms with Crippen molar-refractivity contribution in [2.24, 2.45) is 0 Å². The molecule has 6 rings (SSSR count). The van der Waals surface area contributed by atoms with Crippen LogP contribution in [0.15, 0.2) is 23.8 Å². The summed E-state index contributed by atoms with van der Waals surface area (Å²) in [6, 6.07) is 0. The third-order valence-corrected chi connectivity index (χ3v) is 8.41. The van der Waals surface area contributed by atoms with Crippen molar-refractivity contribution in [3.8, 4) is 0 Å². The van der Waals surface area contributed by atoms with Crippen molar-refractivity contribution >= 4 is 49.9 Å². The van der Waals surface area contributed by atoms with Crippen LogP contribution in [0.25, 0.3) is 22.3 Å². The summed E-state index contributed by atoms with van der Waals surface area (Å²) in [4.78, 5) is 54.6. The van der Waals surface area contributed by atoms with Gasteiger partial charge in [0.2, 0.25) is 5.95 Å². The zero-order valence-electron chi connectivity index (χ0n) is 22.8. The van der Waals surface area contributed by atoms with E-state index in [1.165, 1.54) is 18.0 Å². The summed E-state index contributed by atoms with van der Waals surface area (Å²) in [5, 5.41) is 21.7. The number of nitrogens with zero attached hydrogens (tertiary/aromatic N) is 7. The van der Waals surface area contributed by atoms with Crippen LogP contribution in [0, 0.1) is 0 Å². The fourth-order valence-corrected chi connectivity index (χ4v) is 6.44. The molecule has 4 aromatic rings.